The molecule has 3 atom stereocenters. The predicted octanol–water partition coefficient (Wildman–Crippen LogP) is -2.72. The van der Waals surface area contributed by atoms with Crippen LogP contribution in [0.1, 0.15) is 21.2 Å². The molecule has 2 aliphatic heterocycles. The van der Waals surface area contributed by atoms with Gasteiger partial charge < -0.3 is 26.4 Å². The molecule has 1 saturated heterocycles. The molecule has 1 aromatic carbocycles. The molecular weight excluding hydrogens is 528 g/mol. The Kier molecular flexibility index (Phi) is 8.02. The zero-order valence-electron chi connectivity index (χ0n) is 18.9. The summed E-state index contributed by atoms with van der Waals surface area (Å²) in [4.78, 5) is 49.9. The van der Waals surface area contributed by atoms with Crippen molar-refractivity contribution in [3.63, 3.8) is 0 Å². The molecule has 2 aliphatic rings. The van der Waals surface area contributed by atoms with Crippen molar-refractivity contribution in [2.24, 2.45) is 5.73 Å². The van der Waals surface area contributed by atoms with E-state index >= 15 is 0 Å². The van der Waals surface area contributed by atoms with E-state index in [9.17, 15) is 37.3 Å². The van der Waals surface area contributed by atoms with E-state index in [1.807, 2.05) is 0 Å². The number of benzene rings is 1. The summed E-state index contributed by atoms with van der Waals surface area (Å²) in [6.07, 6.45) is 3.08. The van der Waals surface area contributed by atoms with Gasteiger partial charge in [0.2, 0.25) is 11.8 Å². The second-order valence-corrected chi connectivity index (χ2v) is 10.7. The van der Waals surface area contributed by atoms with E-state index < -0.39 is 50.5 Å². The Bertz CT molecular complexity index is 1380. The van der Waals surface area contributed by atoms with Crippen molar-refractivity contribution in [2.45, 2.75) is 23.2 Å². The maximum Gasteiger partial charge on any atom is 0.281 e. The number of thioether (sulfide) groups is 1. The molecular formula is C22H22N4O9S2. The van der Waals surface area contributed by atoms with Gasteiger partial charge in [0.05, 0.1) is 17.2 Å². The van der Waals surface area contributed by atoms with Crippen LogP contribution in [0.25, 0.3) is 0 Å². The number of amides is 3. The van der Waals surface area contributed by atoms with E-state index in [1.54, 1.807) is 10.6 Å². The highest BCUT2D eigenvalue weighted by Crippen LogP contribution is 2.40. The molecule has 3 heterocycles. The second kappa shape index (κ2) is 10.7. The van der Waals surface area contributed by atoms with Crippen LogP contribution in [-0.2, 0) is 31.0 Å². The van der Waals surface area contributed by atoms with Crippen molar-refractivity contribution in [2.75, 3.05) is 5.75 Å². The SMILES string of the molecule is NC(=O)c1cc[n+](CC2=C(C(=O)[O-])N3C(=O)[C@@H](NC(=O)C(c4ccccc4)S(=O)(=O)O)[C@H]3SC2)cc1.O. The van der Waals surface area contributed by atoms with Gasteiger partial charge in [0.1, 0.15) is 11.4 Å². The minimum Gasteiger partial charge on any atom is -0.543 e. The van der Waals surface area contributed by atoms with E-state index in [-0.39, 0.29) is 34.6 Å². The molecule has 3 amide bonds. The van der Waals surface area contributed by atoms with Crippen LogP contribution in [-0.4, -0.2) is 64.2 Å². The molecule has 0 radical (unpaired) electrons. The second-order valence-electron chi connectivity index (χ2n) is 8.06. The molecule has 15 heteroatoms. The molecule has 13 nitrogen and oxygen atoms in total. The van der Waals surface area contributed by atoms with Crippen molar-refractivity contribution in [3.8, 4) is 0 Å². The number of aromatic nitrogens is 1. The molecule has 1 aromatic heterocycles. The highest BCUT2D eigenvalue weighted by molar-refractivity contribution is 8.00. The maximum absolute atomic E-state index is 12.9. The summed E-state index contributed by atoms with van der Waals surface area (Å²) in [5.41, 5.74) is 5.53. The number of rotatable bonds is 8. The lowest BCUT2D eigenvalue weighted by atomic mass is 10.0. The number of β-lactam (4-membered cyclic amide) rings is 1. The average Bonchev–Trinajstić information content (AvgIpc) is 2.82. The number of carbonyl (C=O) groups excluding carboxylic acids is 4. The third kappa shape index (κ3) is 5.48. The molecule has 6 N–H and O–H groups in total. The predicted molar refractivity (Wildman–Crippen MR) is 127 cm³/mol. The van der Waals surface area contributed by atoms with Crippen LogP contribution in [0.3, 0.4) is 0 Å². The van der Waals surface area contributed by atoms with Crippen molar-refractivity contribution in [1.29, 1.82) is 0 Å². The van der Waals surface area contributed by atoms with Crippen molar-refractivity contribution < 1.29 is 47.3 Å². The Balaban J connectivity index is 0.00000380. The fourth-order valence-corrected chi connectivity index (χ4v) is 6.23. The Morgan fingerprint density at radius 2 is 1.81 bits per heavy atom. The van der Waals surface area contributed by atoms with Gasteiger partial charge in [-0.3, -0.25) is 23.8 Å². The number of aliphatic carboxylic acids is 1. The lowest BCUT2D eigenvalue weighted by molar-refractivity contribution is -0.689. The number of fused-ring (bicyclic) bond motifs is 1. The molecule has 0 bridgehead atoms. The number of primary amides is 1. The smallest absolute Gasteiger partial charge is 0.281 e. The molecule has 0 aliphatic carbocycles. The number of pyridine rings is 1. The lowest BCUT2D eigenvalue weighted by Crippen LogP contribution is -2.71. The van der Waals surface area contributed by atoms with Crippen LogP contribution in [0.15, 0.2) is 66.1 Å². The normalized spacial score (nSPS) is 19.7. The lowest BCUT2D eigenvalue weighted by Gasteiger charge is -2.50. The van der Waals surface area contributed by atoms with Crippen molar-refractivity contribution in [1.82, 2.24) is 10.2 Å². The summed E-state index contributed by atoms with van der Waals surface area (Å²) in [5, 5.41) is 11.5. The number of nitrogens with two attached hydrogens (primary N) is 1. The highest BCUT2D eigenvalue weighted by Gasteiger charge is 2.54. The van der Waals surface area contributed by atoms with E-state index in [2.05, 4.69) is 5.32 Å². The maximum atomic E-state index is 12.9. The van der Waals surface area contributed by atoms with E-state index in [4.69, 9.17) is 5.73 Å². The van der Waals surface area contributed by atoms with Crippen LogP contribution < -0.4 is 20.7 Å². The molecule has 0 spiro atoms. The number of hydrogen-bond donors (Lipinski definition) is 3. The first kappa shape index (κ1) is 27.8. The van der Waals surface area contributed by atoms with E-state index in [1.165, 1.54) is 60.6 Å². The molecule has 4 rings (SSSR count). The Hall–Kier alpha value is -3.79. The van der Waals surface area contributed by atoms with Gasteiger partial charge in [-0.15, -0.1) is 11.8 Å². The van der Waals surface area contributed by atoms with Crippen LogP contribution in [0.4, 0.5) is 0 Å². The Morgan fingerprint density at radius 1 is 1.19 bits per heavy atom. The zero-order valence-corrected chi connectivity index (χ0v) is 20.6. The molecule has 2 aromatic rings. The third-order valence-corrected chi connectivity index (χ3v) is 8.15. The summed E-state index contributed by atoms with van der Waals surface area (Å²) >= 11 is 1.18. The summed E-state index contributed by atoms with van der Waals surface area (Å²) in [6.45, 7) is 0.0850. The number of hydrogen-bond acceptors (Lipinski definition) is 8. The Labute approximate surface area is 215 Å². The average molecular weight is 551 g/mol. The minimum atomic E-state index is -4.86. The number of carboxylic acids is 1. The molecule has 0 saturated carbocycles. The first-order chi connectivity index (χ1) is 17.0. The summed E-state index contributed by atoms with van der Waals surface area (Å²) in [7, 11) is -4.86. The standard InChI is InChI=1S/C22H20N4O8S2.H2O/c23-18(27)13-6-8-25(9-7-13)10-14-11-35-21-15(20(29)26(21)16(14)22(30)31)24-19(28)17(36(32,33)34)12-4-2-1-3-5-12;/h1-9,15,17,21H,10-11H2,(H4-,23,24,27,28,30,31,32,33,34);1H2/t15-,17?,21-;/m1./s1. The fraction of sp³-hybridized carbons (Fsp3) is 0.227. The molecule has 1 unspecified atom stereocenters. The van der Waals surface area contributed by atoms with Gasteiger partial charge in [-0.25, -0.2) is 4.57 Å². The van der Waals surface area contributed by atoms with Gasteiger partial charge in [-0.1, -0.05) is 30.3 Å². The van der Waals surface area contributed by atoms with Gasteiger partial charge in [0.25, 0.3) is 16.0 Å². The number of carboxylic acid groups (broad SMARTS) is 1. The number of carbonyl (C=O) groups is 4. The first-order valence-electron chi connectivity index (χ1n) is 10.5. The molecule has 1 fully saturated rings. The van der Waals surface area contributed by atoms with Crippen molar-refractivity contribution in [3.05, 3.63) is 77.3 Å². The topological polar surface area (TPSA) is 222 Å². The first-order valence-corrected chi connectivity index (χ1v) is 13.0. The van der Waals surface area contributed by atoms with Crippen LogP contribution in [0.5, 0.6) is 0 Å². The largest absolute Gasteiger partial charge is 0.543 e. The zero-order chi connectivity index (χ0) is 26.2. The van der Waals surface area contributed by atoms with Crippen LogP contribution >= 0.6 is 11.8 Å². The van der Waals surface area contributed by atoms with Gasteiger partial charge in [-0.2, -0.15) is 8.42 Å². The fourth-order valence-electron chi connectivity index (χ4n) is 4.06. The monoisotopic (exact) mass is 550 g/mol. The van der Waals surface area contributed by atoms with Gasteiger partial charge >= 0.3 is 0 Å². The van der Waals surface area contributed by atoms with E-state index in [0.717, 1.165) is 4.90 Å². The molecule has 37 heavy (non-hydrogen) atoms. The minimum absolute atomic E-state index is 0. The van der Waals surface area contributed by atoms with Crippen LogP contribution in [0.2, 0.25) is 0 Å². The Morgan fingerprint density at radius 3 is 2.35 bits per heavy atom. The molecule has 196 valence electrons. The highest BCUT2D eigenvalue weighted by atomic mass is 32.2. The number of nitrogens with one attached hydrogen (secondary N) is 1. The van der Waals surface area contributed by atoms with E-state index in [0.29, 0.717) is 5.57 Å². The van der Waals surface area contributed by atoms with Crippen molar-refractivity contribution >= 4 is 45.6 Å². The third-order valence-electron chi connectivity index (χ3n) is 5.73. The summed E-state index contributed by atoms with van der Waals surface area (Å²) < 4.78 is 35.1. The van der Waals surface area contributed by atoms with Gasteiger partial charge in [0, 0.05) is 23.5 Å². The number of nitrogens with zero attached hydrogens (tertiary/aromatic N) is 2. The van der Waals surface area contributed by atoms with Crippen LogP contribution in [0, 0.1) is 0 Å². The van der Waals surface area contributed by atoms with Gasteiger partial charge in [-0.05, 0) is 5.56 Å². The summed E-state index contributed by atoms with van der Waals surface area (Å²) in [5.74, 6) is -3.89. The quantitative estimate of drug-likeness (QED) is 0.176. The van der Waals surface area contributed by atoms with Gasteiger partial charge in [0.15, 0.2) is 24.2 Å². The summed E-state index contributed by atoms with van der Waals surface area (Å²) in [6, 6.07) is 9.02.